The molecule has 0 bridgehead atoms. The zero-order valence-corrected chi connectivity index (χ0v) is 9.94. The Balaban J connectivity index is 3.15. The van der Waals surface area contributed by atoms with E-state index < -0.39 is 0 Å². The largest absolute Gasteiger partial charge is 0.490 e. The SMILES string of the molecule is [CH2]C(CO)c1cccc(OC(C)C)c1C=C. The lowest BCUT2D eigenvalue weighted by atomic mass is 9.95. The van der Waals surface area contributed by atoms with E-state index in [0.717, 1.165) is 16.9 Å². The summed E-state index contributed by atoms with van der Waals surface area (Å²) in [7, 11) is 0. The number of aliphatic hydroxyl groups is 1. The lowest BCUT2D eigenvalue weighted by Crippen LogP contribution is -2.09. The molecule has 1 radical (unpaired) electrons. The van der Waals surface area contributed by atoms with E-state index in [-0.39, 0.29) is 18.6 Å². The van der Waals surface area contributed by atoms with Crippen LogP contribution < -0.4 is 4.74 Å². The Kier molecular flexibility index (Phi) is 4.56. The molecule has 1 rings (SSSR count). The van der Waals surface area contributed by atoms with Gasteiger partial charge in [-0.15, -0.1) is 0 Å². The third-order valence-electron chi connectivity index (χ3n) is 2.33. The van der Waals surface area contributed by atoms with Gasteiger partial charge in [0.15, 0.2) is 0 Å². The van der Waals surface area contributed by atoms with Crippen molar-refractivity contribution in [1.29, 1.82) is 0 Å². The maximum absolute atomic E-state index is 9.14. The highest BCUT2D eigenvalue weighted by atomic mass is 16.5. The monoisotopic (exact) mass is 219 g/mol. The van der Waals surface area contributed by atoms with Crippen molar-refractivity contribution in [3.63, 3.8) is 0 Å². The maximum atomic E-state index is 9.14. The normalized spacial score (nSPS) is 12.6. The van der Waals surface area contributed by atoms with Gasteiger partial charge in [-0.1, -0.05) is 24.8 Å². The van der Waals surface area contributed by atoms with Crippen LogP contribution in [0.4, 0.5) is 0 Å². The van der Waals surface area contributed by atoms with E-state index in [0.29, 0.717) is 0 Å². The maximum Gasteiger partial charge on any atom is 0.127 e. The topological polar surface area (TPSA) is 29.5 Å². The first-order valence-corrected chi connectivity index (χ1v) is 5.46. The van der Waals surface area contributed by atoms with Crippen molar-refractivity contribution in [2.45, 2.75) is 25.9 Å². The molecular formula is C14H19O2. The van der Waals surface area contributed by atoms with Crippen molar-refractivity contribution < 1.29 is 9.84 Å². The quantitative estimate of drug-likeness (QED) is 0.824. The summed E-state index contributed by atoms with van der Waals surface area (Å²) in [5.74, 6) is 0.647. The van der Waals surface area contributed by atoms with Crippen molar-refractivity contribution in [1.82, 2.24) is 0 Å². The highest BCUT2D eigenvalue weighted by Crippen LogP contribution is 2.29. The summed E-state index contributed by atoms with van der Waals surface area (Å²) in [4.78, 5) is 0. The molecule has 0 aliphatic rings. The van der Waals surface area contributed by atoms with Gasteiger partial charge in [0.2, 0.25) is 0 Å². The van der Waals surface area contributed by atoms with Gasteiger partial charge in [-0.3, -0.25) is 0 Å². The smallest absolute Gasteiger partial charge is 0.127 e. The Hall–Kier alpha value is -1.28. The Morgan fingerprint density at radius 2 is 2.12 bits per heavy atom. The van der Waals surface area contributed by atoms with Crippen molar-refractivity contribution in [3.05, 3.63) is 42.8 Å². The third kappa shape index (κ3) is 2.86. The average molecular weight is 219 g/mol. The summed E-state index contributed by atoms with van der Waals surface area (Å²) >= 11 is 0. The predicted octanol–water partition coefficient (Wildman–Crippen LogP) is 3.03. The van der Waals surface area contributed by atoms with Crippen molar-refractivity contribution in [2.24, 2.45) is 0 Å². The summed E-state index contributed by atoms with van der Waals surface area (Å²) in [5.41, 5.74) is 1.89. The zero-order chi connectivity index (χ0) is 12.1. The molecule has 0 saturated heterocycles. The highest BCUT2D eigenvalue weighted by molar-refractivity contribution is 5.61. The molecule has 1 aromatic rings. The molecule has 1 unspecified atom stereocenters. The summed E-state index contributed by atoms with van der Waals surface area (Å²) < 4.78 is 5.69. The average Bonchev–Trinajstić information content (AvgIpc) is 2.27. The van der Waals surface area contributed by atoms with Gasteiger partial charge in [0, 0.05) is 18.1 Å². The minimum absolute atomic E-state index is 0.0198. The van der Waals surface area contributed by atoms with E-state index in [1.54, 1.807) is 6.08 Å². The lowest BCUT2D eigenvalue weighted by molar-refractivity contribution is 0.241. The molecule has 1 aromatic carbocycles. The Labute approximate surface area is 97.6 Å². The minimum atomic E-state index is -0.149. The van der Waals surface area contributed by atoms with Crippen LogP contribution in [0.1, 0.15) is 30.9 Å². The fourth-order valence-corrected chi connectivity index (χ4v) is 1.59. The first-order chi connectivity index (χ1) is 7.60. The summed E-state index contributed by atoms with van der Waals surface area (Å²) in [6, 6.07) is 5.76. The number of aliphatic hydroxyl groups excluding tert-OH is 1. The summed E-state index contributed by atoms with van der Waals surface area (Å²) in [6.45, 7) is 11.7. The van der Waals surface area contributed by atoms with Crippen LogP contribution >= 0.6 is 0 Å². The molecule has 2 heteroatoms. The van der Waals surface area contributed by atoms with E-state index in [9.17, 15) is 0 Å². The van der Waals surface area contributed by atoms with Crippen LogP contribution in [0.3, 0.4) is 0 Å². The Morgan fingerprint density at radius 1 is 1.44 bits per heavy atom. The van der Waals surface area contributed by atoms with Gasteiger partial charge >= 0.3 is 0 Å². The van der Waals surface area contributed by atoms with E-state index in [2.05, 4.69) is 13.5 Å². The lowest BCUT2D eigenvalue weighted by Gasteiger charge is -2.18. The fourth-order valence-electron chi connectivity index (χ4n) is 1.59. The number of benzene rings is 1. The van der Waals surface area contributed by atoms with Crippen molar-refractivity contribution in [3.8, 4) is 5.75 Å². The van der Waals surface area contributed by atoms with Crippen LogP contribution in [0.15, 0.2) is 24.8 Å². The van der Waals surface area contributed by atoms with Gasteiger partial charge in [-0.05, 0) is 32.4 Å². The molecule has 2 nitrogen and oxygen atoms in total. The van der Waals surface area contributed by atoms with Gasteiger partial charge in [0.05, 0.1) is 6.10 Å². The molecule has 87 valence electrons. The van der Waals surface area contributed by atoms with Crippen molar-refractivity contribution >= 4 is 6.08 Å². The summed E-state index contributed by atoms with van der Waals surface area (Å²) in [5, 5.41) is 9.14. The zero-order valence-electron chi connectivity index (χ0n) is 9.94. The van der Waals surface area contributed by atoms with Crippen LogP contribution in [0.2, 0.25) is 0 Å². The Bertz CT molecular complexity index is 356. The standard InChI is InChI=1S/C14H19O2/c1-5-12-13(11(4)9-15)7-6-8-14(12)16-10(2)3/h5-8,10-11,15H,1,4,9H2,2-3H3. The number of hydrogen-bond acceptors (Lipinski definition) is 2. The molecule has 0 saturated carbocycles. The molecule has 0 spiro atoms. The first-order valence-electron chi connectivity index (χ1n) is 5.46. The van der Waals surface area contributed by atoms with Gasteiger partial charge < -0.3 is 9.84 Å². The molecule has 1 atom stereocenters. The van der Waals surface area contributed by atoms with E-state index >= 15 is 0 Å². The van der Waals surface area contributed by atoms with Gasteiger partial charge in [-0.25, -0.2) is 0 Å². The molecular weight excluding hydrogens is 200 g/mol. The van der Waals surface area contributed by atoms with Crippen LogP contribution in [-0.4, -0.2) is 17.8 Å². The van der Waals surface area contributed by atoms with Gasteiger partial charge in [0.1, 0.15) is 5.75 Å². The van der Waals surface area contributed by atoms with Crippen LogP contribution in [0.5, 0.6) is 5.75 Å². The van der Waals surface area contributed by atoms with E-state index in [1.165, 1.54) is 0 Å². The van der Waals surface area contributed by atoms with Gasteiger partial charge in [0.25, 0.3) is 0 Å². The first kappa shape index (κ1) is 12.8. The van der Waals surface area contributed by atoms with Gasteiger partial charge in [-0.2, -0.15) is 0 Å². The second kappa shape index (κ2) is 5.71. The van der Waals surface area contributed by atoms with Crippen molar-refractivity contribution in [2.75, 3.05) is 6.61 Å². The van der Waals surface area contributed by atoms with E-state index in [4.69, 9.17) is 9.84 Å². The van der Waals surface area contributed by atoms with E-state index in [1.807, 2.05) is 32.0 Å². The van der Waals surface area contributed by atoms with Crippen LogP contribution in [0.25, 0.3) is 6.08 Å². The number of ether oxygens (including phenoxy) is 1. The fraction of sp³-hybridized carbons (Fsp3) is 0.357. The molecule has 0 heterocycles. The summed E-state index contributed by atoms with van der Waals surface area (Å²) in [6.07, 6.45) is 1.87. The number of rotatable bonds is 5. The predicted molar refractivity (Wildman–Crippen MR) is 67.5 cm³/mol. The molecule has 1 N–H and O–H groups in total. The molecule has 0 aliphatic carbocycles. The highest BCUT2D eigenvalue weighted by Gasteiger charge is 2.12. The molecule has 16 heavy (non-hydrogen) atoms. The Morgan fingerprint density at radius 3 is 2.62 bits per heavy atom. The molecule has 0 aliphatic heterocycles. The molecule has 0 fully saturated rings. The second-order valence-corrected chi connectivity index (χ2v) is 4.01. The minimum Gasteiger partial charge on any atom is -0.490 e. The van der Waals surface area contributed by atoms with Crippen LogP contribution in [-0.2, 0) is 0 Å². The molecule has 0 amide bonds. The number of hydrogen-bond donors (Lipinski definition) is 1. The second-order valence-electron chi connectivity index (χ2n) is 4.01. The van der Waals surface area contributed by atoms with Crippen LogP contribution in [0, 0.1) is 6.92 Å². The third-order valence-corrected chi connectivity index (χ3v) is 2.33. The molecule has 0 aromatic heterocycles.